The van der Waals surface area contributed by atoms with E-state index in [1.54, 1.807) is 0 Å². The molecular weight excluding hydrogens is 625 g/mol. The van der Waals surface area contributed by atoms with Gasteiger partial charge in [-0.05, 0) is 58.0 Å². The predicted molar refractivity (Wildman–Crippen MR) is 179 cm³/mol. The Morgan fingerprint density at radius 3 is 2.21 bits per heavy atom. The fourth-order valence-corrected chi connectivity index (χ4v) is 4.92. The Kier molecular flexibility index (Phi) is 13.9. The van der Waals surface area contributed by atoms with Gasteiger partial charge in [0.05, 0.1) is 0 Å². The normalized spacial score (nSPS) is 10.8. The Morgan fingerprint density at radius 2 is 1.50 bits per heavy atom. The molecule has 0 aromatic heterocycles. The highest BCUT2D eigenvalue weighted by molar-refractivity contribution is 6.01. The number of alkyl halides is 3. The number of carbonyl (C=O) groups excluding carboxylic acids is 2. The van der Waals surface area contributed by atoms with Crippen molar-refractivity contribution >= 4 is 34.5 Å². The number of aliphatic carboxylic acids is 1. The number of halogens is 3. The van der Waals surface area contributed by atoms with Crippen LogP contribution in [-0.2, 0) is 22.7 Å². The lowest BCUT2D eigenvalue weighted by Gasteiger charge is -2.24. The van der Waals surface area contributed by atoms with E-state index in [9.17, 15) is 22.8 Å². The SMILES string of the molecule is N=C(N)NCCCCC(=O)N(Cc1cccc(-c2ccccc2C(=O)NCCN)c1)Cc1cccc2ccccc12.O=C(O)C(F)(F)F. The standard InChI is InChI=1S/C33H38N6O2.C2HF3O2/c34-18-20-37-32(41)30-16-4-3-15-29(30)26-12-7-9-24(21-26)22-39(31(40)17-5-6-19-38-33(35)36)23-27-13-8-11-25-10-1-2-14-28(25)27;3-2(4,5)1(6)7/h1-4,7-16,21H,5-6,17-20,22-23,34H2,(H,37,41)(H4,35,36,38);(H,6,7). The first-order valence-electron chi connectivity index (χ1n) is 15.2. The summed E-state index contributed by atoms with van der Waals surface area (Å²) in [7, 11) is 0. The number of carboxylic acid groups (broad SMARTS) is 1. The van der Waals surface area contributed by atoms with Crippen LogP contribution in [0.15, 0.2) is 91.0 Å². The first-order chi connectivity index (χ1) is 22.9. The zero-order valence-electron chi connectivity index (χ0n) is 26.2. The van der Waals surface area contributed by atoms with Crippen LogP contribution in [0.1, 0.15) is 40.7 Å². The van der Waals surface area contributed by atoms with Gasteiger partial charge in [0.25, 0.3) is 5.91 Å². The molecule has 10 nitrogen and oxygen atoms in total. The summed E-state index contributed by atoms with van der Waals surface area (Å²) in [5.41, 5.74) is 15.3. The van der Waals surface area contributed by atoms with Crippen molar-refractivity contribution in [2.75, 3.05) is 19.6 Å². The van der Waals surface area contributed by atoms with Crippen molar-refractivity contribution in [1.82, 2.24) is 15.5 Å². The van der Waals surface area contributed by atoms with Crippen molar-refractivity contribution in [3.8, 4) is 11.1 Å². The number of hydrogen-bond acceptors (Lipinski definition) is 5. The number of carboxylic acids is 1. The monoisotopic (exact) mass is 664 g/mol. The van der Waals surface area contributed by atoms with Crippen LogP contribution in [-0.4, -0.2) is 59.6 Å². The average Bonchev–Trinajstić information content (AvgIpc) is 3.06. The van der Waals surface area contributed by atoms with Gasteiger partial charge in [-0.15, -0.1) is 0 Å². The predicted octanol–water partition coefficient (Wildman–Crippen LogP) is 5.01. The summed E-state index contributed by atoms with van der Waals surface area (Å²) in [4.78, 5) is 37.2. The van der Waals surface area contributed by atoms with Crippen molar-refractivity contribution in [2.24, 2.45) is 11.5 Å². The molecule has 0 fully saturated rings. The number of guanidine groups is 1. The first-order valence-corrected chi connectivity index (χ1v) is 15.2. The number of carbonyl (C=O) groups is 3. The Morgan fingerprint density at radius 1 is 0.833 bits per heavy atom. The van der Waals surface area contributed by atoms with Crippen LogP contribution >= 0.6 is 0 Å². The van der Waals surface area contributed by atoms with E-state index in [1.165, 1.54) is 0 Å². The van der Waals surface area contributed by atoms with Crippen molar-refractivity contribution in [3.63, 3.8) is 0 Å². The quantitative estimate of drug-likeness (QED) is 0.0662. The van der Waals surface area contributed by atoms with Crippen LogP contribution in [0, 0.1) is 5.41 Å². The molecule has 0 saturated heterocycles. The highest BCUT2D eigenvalue weighted by Crippen LogP contribution is 2.27. The Balaban J connectivity index is 0.000000804. The van der Waals surface area contributed by atoms with E-state index >= 15 is 0 Å². The third-order valence-corrected chi connectivity index (χ3v) is 7.18. The number of fused-ring (bicyclic) bond motifs is 1. The maximum absolute atomic E-state index is 13.6. The van der Waals surface area contributed by atoms with Crippen LogP contribution in [0.25, 0.3) is 21.9 Å². The van der Waals surface area contributed by atoms with Gasteiger partial charge in [0.1, 0.15) is 0 Å². The topological polar surface area (TPSA) is 175 Å². The molecule has 0 aliphatic carbocycles. The average molecular weight is 665 g/mol. The van der Waals surface area contributed by atoms with Gasteiger partial charge < -0.3 is 32.1 Å². The van der Waals surface area contributed by atoms with E-state index in [-0.39, 0.29) is 17.8 Å². The highest BCUT2D eigenvalue weighted by atomic mass is 19.4. The van der Waals surface area contributed by atoms with Crippen molar-refractivity contribution in [1.29, 1.82) is 5.41 Å². The van der Waals surface area contributed by atoms with Gasteiger partial charge in [-0.1, -0.05) is 78.9 Å². The van der Waals surface area contributed by atoms with E-state index in [4.69, 9.17) is 26.8 Å². The molecule has 254 valence electrons. The summed E-state index contributed by atoms with van der Waals surface area (Å²) in [5, 5.41) is 22.4. The Labute approximate surface area is 276 Å². The molecule has 0 atom stereocenters. The van der Waals surface area contributed by atoms with Gasteiger partial charge in [-0.3, -0.25) is 15.0 Å². The summed E-state index contributed by atoms with van der Waals surface area (Å²) in [5.74, 6) is -2.92. The Hall–Kier alpha value is -5.43. The van der Waals surface area contributed by atoms with Crippen molar-refractivity contribution in [2.45, 2.75) is 38.5 Å². The minimum absolute atomic E-state index is 0.0627. The van der Waals surface area contributed by atoms with Gasteiger partial charge in [0.2, 0.25) is 5.91 Å². The summed E-state index contributed by atoms with van der Waals surface area (Å²) in [6.07, 6.45) is -3.25. The number of rotatable bonds is 13. The zero-order valence-corrected chi connectivity index (χ0v) is 26.2. The van der Waals surface area contributed by atoms with Gasteiger partial charge in [0, 0.05) is 44.7 Å². The smallest absolute Gasteiger partial charge is 0.475 e. The number of hydrogen-bond donors (Lipinski definition) is 6. The second-order valence-corrected chi connectivity index (χ2v) is 10.8. The molecule has 0 unspecified atom stereocenters. The maximum atomic E-state index is 13.6. The molecule has 2 amide bonds. The number of nitrogens with two attached hydrogens (primary N) is 2. The van der Waals surface area contributed by atoms with Crippen molar-refractivity contribution in [3.05, 3.63) is 108 Å². The minimum atomic E-state index is -5.08. The largest absolute Gasteiger partial charge is 0.490 e. The third kappa shape index (κ3) is 11.4. The summed E-state index contributed by atoms with van der Waals surface area (Å²) < 4.78 is 31.7. The summed E-state index contributed by atoms with van der Waals surface area (Å²) in [6.45, 7) is 2.25. The van der Waals surface area contributed by atoms with E-state index < -0.39 is 12.1 Å². The molecule has 0 heterocycles. The molecule has 4 aromatic carbocycles. The fraction of sp³-hybridized carbons (Fsp3) is 0.257. The molecule has 0 aliphatic heterocycles. The third-order valence-electron chi connectivity index (χ3n) is 7.18. The molecule has 0 radical (unpaired) electrons. The fourth-order valence-electron chi connectivity index (χ4n) is 4.92. The molecule has 0 spiro atoms. The molecule has 0 bridgehead atoms. The number of nitrogens with one attached hydrogen (secondary N) is 3. The van der Waals surface area contributed by atoms with Gasteiger partial charge in [-0.2, -0.15) is 13.2 Å². The second kappa shape index (κ2) is 18.0. The maximum Gasteiger partial charge on any atom is 0.490 e. The molecule has 4 rings (SSSR count). The lowest BCUT2D eigenvalue weighted by atomic mass is 9.97. The van der Waals surface area contributed by atoms with Crippen LogP contribution in [0.5, 0.6) is 0 Å². The van der Waals surface area contributed by atoms with E-state index in [0.29, 0.717) is 51.1 Å². The van der Waals surface area contributed by atoms with Gasteiger partial charge in [0.15, 0.2) is 5.96 Å². The van der Waals surface area contributed by atoms with Crippen LogP contribution in [0.3, 0.4) is 0 Å². The van der Waals surface area contributed by atoms with Crippen LogP contribution in [0.2, 0.25) is 0 Å². The Bertz CT molecular complexity index is 1710. The zero-order chi connectivity index (χ0) is 35.1. The molecule has 48 heavy (non-hydrogen) atoms. The van der Waals surface area contributed by atoms with Gasteiger partial charge >= 0.3 is 12.1 Å². The number of amides is 2. The number of nitrogens with zero attached hydrogens (tertiary/aromatic N) is 1. The summed E-state index contributed by atoms with van der Waals surface area (Å²) >= 11 is 0. The van der Waals surface area contributed by atoms with Crippen LogP contribution in [0.4, 0.5) is 13.2 Å². The molecule has 13 heteroatoms. The van der Waals surface area contributed by atoms with Crippen LogP contribution < -0.4 is 22.1 Å². The minimum Gasteiger partial charge on any atom is -0.475 e. The van der Waals surface area contributed by atoms with E-state index in [2.05, 4.69) is 41.0 Å². The summed E-state index contributed by atoms with van der Waals surface area (Å²) in [6, 6.07) is 29.9. The van der Waals surface area contributed by atoms with E-state index in [1.807, 2.05) is 65.6 Å². The lowest BCUT2D eigenvalue weighted by molar-refractivity contribution is -0.192. The highest BCUT2D eigenvalue weighted by Gasteiger charge is 2.38. The lowest BCUT2D eigenvalue weighted by Crippen LogP contribution is -2.32. The molecule has 0 aliphatic rings. The first kappa shape index (κ1) is 37.0. The van der Waals surface area contributed by atoms with Gasteiger partial charge in [-0.25, -0.2) is 4.79 Å². The molecule has 4 aromatic rings. The molecular formula is C35H39F3N6O4. The number of benzene rings is 4. The number of unbranched alkanes of at least 4 members (excludes halogenated alkanes) is 1. The molecule has 0 saturated carbocycles. The second-order valence-electron chi connectivity index (χ2n) is 10.8. The van der Waals surface area contributed by atoms with Crippen molar-refractivity contribution < 1.29 is 32.7 Å². The van der Waals surface area contributed by atoms with E-state index in [0.717, 1.165) is 39.4 Å². The molecule has 8 N–H and O–H groups in total.